The Labute approximate surface area is 222 Å². The normalized spacial score (nSPS) is 11.2. The highest BCUT2D eigenvalue weighted by atomic mass is 16.5. The summed E-state index contributed by atoms with van der Waals surface area (Å²) in [5.74, 6) is 1.42. The SMILES string of the molecule is COc1cc(/C=C/c2ccc(-c3ccc(/C=C/c4cc(OC)c(O)c(OC)c4)cc3)cc2)cc(OC)c1O. The third kappa shape index (κ3) is 5.93. The molecule has 0 heterocycles. The van der Waals surface area contributed by atoms with Crippen LogP contribution in [0.2, 0.25) is 0 Å². The summed E-state index contributed by atoms with van der Waals surface area (Å²) in [4.78, 5) is 0. The summed E-state index contributed by atoms with van der Waals surface area (Å²) in [6.07, 6.45) is 7.88. The second-order valence-corrected chi connectivity index (χ2v) is 8.46. The molecule has 4 aromatic rings. The van der Waals surface area contributed by atoms with Gasteiger partial charge in [0.05, 0.1) is 28.4 Å². The minimum atomic E-state index is -0.0150. The summed E-state index contributed by atoms with van der Waals surface area (Å²) in [6.45, 7) is 0. The molecule has 0 aliphatic rings. The van der Waals surface area contributed by atoms with Gasteiger partial charge in [-0.2, -0.15) is 0 Å². The van der Waals surface area contributed by atoms with Crippen molar-refractivity contribution in [2.24, 2.45) is 0 Å². The van der Waals surface area contributed by atoms with Crippen molar-refractivity contribution in [2.45, 2.75) is 0 Å². The lowest BCUT2D eigenvalue weighted by molar-refractivity contribution is 0.340. The minimum Gasteiger partial charge on any atom is -0.502 e. The standard InChI is InChI=1S/C32H30O6/c1-35-27-17-23(18-28(36-2)31(27)33)7-5-21-9-13-25(14-10-21)26-15-11-22(12-16-26)6-8-24-19-29(37-3)32(34)30(20-24)38-4/h5-20,33-34H,1-4H3/b7-5+,8-6+. The highest BCUT2D eigenvalue weighted by Gasteiger charge is 2.11. The van der Waals surface area contributed by atoms with Crippen LogP contribution in [0, 0.1) is 0 Å². The van der Waals surface area contributed by atoms with Crippen LogP contribution in [0.3, 0.4) is 0 Å². The maximum absolute atomic E-state index is 10.1. The van der Waals surface area contributed by atoms with Crippen LogP contribution in [-0.4, -0.2) is 38.7 Å². The van der Waals surface area contributed by atoms with Gasteiger partial charge in [-0.25, -0.2) is 0 Å². The number of hydrogen-bond donors (Lipinski definition) is 2. The number of hydrogen-bond acceptors (Lipinski definition) is 6. The second kappa shape index (κ2) is 11.9. The fourth-order valence-corrected chi connectivity index (χ4v) is 3.98. The molecule has 0 spiro atoms. The molecule has 6 nitrogen and oxygen atoms in total. The number of phenols is 2. The van der Waals surface area contributed by atoms with E-state index in [1.165, 1.54) is 28.4 Å². The molecule has 0 aliphatic heterocycles. The van der Waals surface area contributed by atoms with E-state index in [4.69, 9.17) is 18.9 Å². The van der Waals surface area contributed by atoms with Crippen molar-refractivity contribution < 1.29 is 29.2 Å². The van der Waals surface area contributed by atoms with Gasteiger partial charge in [0.1, 0.15) is 0 Å². The third-order valence-corrected chi connectivity index (χ3v) is 6.10. The lowest BCUT2D eigenvalue weighted by atomic mass is 10.0. The van der Waals surface area contributed by atoms with Crippen LogP contribution in [0.1, 0.15) is 22.3 Å². The van der Waals surface area contributed by atoms with Crippen molar-refractivity contribution in [3.05, 3.63) is 95.1 Å². The Kier molecular flexibility index (Phi) is 8.23. The predicted molar refractivity (Wildman–Crippen MR) is 152 cm³/mol. The monoisotopic (exact) mass is 510 g/mol. The quantitative estimate of drug-likeness (QED) is 0.233. The fraction of sp³-hybridized carbons (Fsp3) is 0.125. The number of aromatic hydroxyl groups is 2. The molecule has 0 amide bonds. The van der Waals surface area contributed by atoms with Gasteiger partial charge in [-0.05, 0) is 57.6 Å². The van der Waals surface area contributed by atoms with Crippen LogP contribution in [0.4, 0.5) is 0 Å². The van der Waals surface area contributed by atoms with E-state index in [9.17, 15) is 10.2 Å². The molecule has 194 valence electrons. The summed E-state index contributed by atoms with van der Waals surface area (Å²) in [5, 5.41) is 20.2. The van der Waals surface area contributed by atoms with Gasteiger partial charge in [0.25, 0.3) is 0 Å². The maximum Gasteiger partial charge on any atom is 0.200 e. The summed E-state index contributed by atoms with van der Waals surface area (Å²) < 4.78 is 20.9. The summed E-state index contributed by atoms with van der Waals surface area (Å²) in [6, 6.07) is 23.6. The van der Waals surface area contributed by atoms with Gasteiger partial charge in [0, 0.05) is 0 Å². The van der Waals surface area contributed by atoms with Gasteiger partial charge in [-0.1, -0.05) is 72.8 Å². The molecule has 0 saturated heterocycles. The zero-order valence-electron chi connectivity index (χ0n) is 21.8. The van der Waals surface area contributed by atoms with Crippen LogP contribution >= 0.6 is 0 Å². The molecule has 4 aromatic carbocycles. The molecule has 38 heavy (non-hydrogen) atoms. The van der Waals surface area contributed by atoms with E-state index in [1.807, 2.05) is 24.3 Å². The second-order valence-electron chi connectivity index (χ2n) is 8.46. The zero-order chi connectivity index (χ0) is 27.1. The molecule has 0 atom stereocenters. The van der Waals surface area contributed by atoms with E-state index in [2.05, 4.69) is 48.5 Å². The van der Waals surface area contributed by atoms with E-state index >= 15 is 0 Å². The molecule has 0 fully saturated rings. The van der Waals surface area contributed by atoms with Gasteiger partial charge in [-0.3, -0.25) is 0 Å². The van der Waals surface area contributed by atoms with Crippen LogP contribution in [0.5, 0.6) is 34.5 Å². The van der Waals surface area contributed by atoms with Crippen molar-refractivity contribution in [3.8, 4) is 45.6 Å². The molecule has 6 heteroatoms. The topological polar surface area (TPSA) is 77.4 Å². The lowest BCUT2D eigenvalue weighted by Crippen LogP contribution is -1.90. The van der Waals surface area contributed by atoms with Crippen molar-refractivity contribution in [1.82, 2.24) is 0 Å². The molecule has 0 saturated carbocycles. The van der Waals surface area contributed by atoms with Gasteiger partial charge < -0.3 is 29.2 Å². The van der Waals surface area contributed by atoms with Gasteiger partial charge in [0.15, 0.2) is 23.0 Å². The average Bonchev–Trinajstić information content (AvgIpc) is 2.96. The number of rotatable bonds is 9. The largest absolute Gasteiger partial charge is 0.502 e. The first-order valence-electron chi connectivity index (χ1n) is 11.9. The van der Waals surface area contributed by atoms with Crippen molar-refractivity contribution in [2.75, 3.05) is 28.4 Å². The zero-order valence-corrected chi connectivity index (χ0v) is 21.8. The van der Waals surface area contributed by atoms with E-state index in [-0.39, 0.29) is 11.5 Å². The van der Waals surface area contributed by atoms with Crippen molar-refractivity contribution in [1.29, 1.82) is 0 Å². The minimum absolute atomic E-state index is 0.0150. The molecular weight excluding hydrogens is 480 g/mol. The van der Waals surface area contributed by atoms with E-state index < -0.39 is 0 Å². The Bertz CT molecular complexity index is 1290. The van der Waals surface area contributed by atoms with Crippen LogP contribution in [0.25, 0.3) is 35.4 Å². The summed E-state index contributed by atoms with van der Waals surface area (Å²) in [7, 11) is 6.03. The Morgan fingerprint density at radius 3 is 0.947 bits per heavy atom. The van der Waals surface area contributed by atoms with Gasteiger partial charge >= 0.3 is 0 Å². The van der Waals surface area contributed by atoms with Crippen molar-refractivity contribution >= 4 is 24.3 Å². The molecule has 0 unspecified atom stereocenters. The smallest absolute Gasteiger partial charge is 0.200 e. The Balaban J connectivity index is 1.46. The molecule has 0 aliphatic carbocycles. The first-order chi connectivity index (χ1) is 18.4. The van der Waals surface area contributed by atoms with Crippen molar-refractivity contribution in [3.63, 3.8) is 0 Å². The molecule has 4 rings (SSSR count). The third-order valence-electron chi connectivity index (χ3n) is 6.10. The number of phenolic OH excluding ortho intramolecular Hbond substituents is 2. The molecule has 0 aromatic heterocycles. The first kappa shape index (κ1) is 26.2. The average molecular weight is 511 g/mol. The van der Waals surface area contributed by atoms with E-state index in [0.29, 0.717) is 23.0 Å². The Morgan fingerprint density at radius 1 is 0.421 bits per heavy atom. The number of ether oxygens (including phenoxy) is 4. The Hall–Kier alpha value is -4.84. The maximum atomic E-state index is 10.1. The van der Waals surface area contributed by atoms with Crippen LogP contribution < -0.4 is 18.9 Å². The molecular formula is C32H30O6. The highest BCUT2D eigenvalue weighted by molar-refractivity contribution is 5.76. The van der Waals surface area contributed by atoms with E-state index in [1.54, 1.807) is 24.3 Å². The predicted octanol–water partition coefficient (Wildman–Crippen LogP) is 7.14. The van der Waals surface area contributed by atoms with Crippen LogP contribution in [0.15, 0.2) is 72.8 Å². The first-order valence-corrected chi connectivity index (χ1v) is 11.9. The fourth-order valence-electron chi connectivity index (χ4n) is 3.98. The number of methoxy groups -OCH3 is 4. The highest BCUT2D eigenvalue weighted by Crippen LogP contribution is 2.38. The number of benzene rings is 4. The van der Waals surface area contributed by atoms with Gasteiger partial charge in [-0.15, -0.1) is 0 Å². The summed E-state index contributed by atoms with van der Waals surface area (Å²) in [5.41, 5.74) is 6.01. The van der Waals surface area contributed by atoms with E-state index in [0.717, 1.165) is 33.4 Å². The van der Waals surface area contributed by atoms with Gasteiger partial charge in [0.2, 0.25) is 11.5 Å². The Morgan fingerprint density at radius 2 is 0.684 bits per heavy atom. The molecule has 0 radical (unpaired) electrons. The molecule has 0 bridgehead atoms. The molecule has 2 N–H and O–H groups in total. The van der Waals surface area contributed by atoms with Crippen LogP contribution in [-0.2, 0) is 0 Å². The lowest BCUT2D eigenvalue weighted by Gasteiger charge is -2.09. The summed E-state index contributed by atoms with van der Waals surface area (Å²) >= 11 is 0.